The molecule has 0 fully saturated rings. The summed E-state index contributed by atoms with van der Waals surface area (Å²) in [6, 6.07) is 8.48. The van der Waals surface area contributed by atoms with Crippen molar-refractivity contribution in [3.8, 4) is 11.5 Å². The van der Waals surface area contributed by atoms with Gasteiger partial charge in [0.25, 0.3) is 0 Å². The van der Waals surface area contributed by atoms with E-state index in [1.54, 1.807) is 31.2 Å². The molecule has 0 amide bonds. The summed E-state index contributed by atoms with van der Waals surface area (Å²) in [6.45, 7) is 4.09. The molecule has 0 saturated carbocycles. The van der Waals surface area contributed by atoms with E-state index in [9.17, 15) is 4.79 Å². The summed E-state index contributed by atoms with van der Waals surface area (Å²) in [5.74, 6) is 0.351. The molecule has 5 heteroatoms. The van der Waals surface area contributed by atoms with Gasteiger partial charge in [-0.25, -0.2) is 4.79 Å². The minimum Gasteiger partial charge on any atom is -0.490 e. The molecule has 1 aromatic carbocycles. The Balaban J connectivity index is 2.16. The van der Waals surface area contributed by atoms with Crippen LogP contribution >= 0.6 is 0 Å². The second-order valence-corrected chi connectivity index (χ2v) is 3.60. The Morgan fingerprint density at radius 3 is 2.67 bits per heavy atom. The van der Waals surface area contributed by atoms with E-state index < -0.39 is 5.97 Å². The van der Waals surface area contributed by atoms with E-state index in [0.29, 0.717) is 23.8 Å². The first-order chi connectivity index (χ1) is 8.70. The summed E-state index contributed by atoms with van der Waals surface area (Å²) >= 11 is 0. The number of rotatable bonds is 4. The summed E-state index contributed by atoms with van der Waals surface area (Å²) in [7, 11) is 0. The van der Waals surface area contributed by atoms with Gasteiger partial charge in [0.2, 0.25) is 5.76 Å². The molecule has 2 aromatic rings. The average Bonchev–Trinajstić information content (AvgIpc) is 2.79. The van der Waals surface area contributed by atoms with E-state index in [1.165, 1.54) is 6.07 Å². The molecule has 0 bridgehead atoms. The molecule has 0 aliphatic rings. The van der Waals surface area contributed by atoms with Crippen molar-refractivity contribution in [3.63, 3.8) is 0 Å². The van der Waals surface area contributed by atoms with Gasteiger partial charge in [0, 0.05) is 6.07 Å². The van der Waals surface area contributed by atoms with Crippen LogP contribution in [0.1, 0.15) is 23.2 Å². The third-order valence-corrected chi connectivity index (χ3v) is 2.18. The number of aromatic nitrogens is 1. The van der Waals surface area contributed by atoms with Crippen LogP contribution in [0.3, 0.4) is 0 Å². The van der Waals surface area contributed by atoms with Crippen LogP contribution in [-0.4, -0.2) is 17.7 Å². The highest BCUT2D eigenvalue weighted by atomic mass is 16.6. The van der Waals surface area contributed by atoms with Crippen molar-refractivity contribution in [3.05, 3.63) is 41.8 Å². The summed E-state index contributed by atoms with van der Waals surface area (Å²) < 4.78 is 15.4. The molecule has 2 rings (SSSR count). The third kappa shape index (κ3) is 2.68. The van der Waals surface area contributed by atoms with Crippen molar-refractivity contribution in [2.45, 2.75) is 13.8 Å². The molecule has 0 N–H and O–H groups in total. The van der Waals surface area contributed by atoms with Crippen molar-refractivity contribution in [1.82, 2.24) is 5.16 Å². The van der Waals surface area contributed by atoms with E-state index in [-0.39, 0.29) is 5.76 Å². The zero-order chi connectivity index (χ0) is 13.0. The summed E-state index contributed by atoms with van der Waals surface area (Å²) in [5.41, 5.74) is 0.625. The number of benzene rings is 1. The molecule has 0 radical (unpaired) electrons. The first-order valence-electron chi connectivity index (χ1n) is 5.58. The summed E-state index contributed by atoms with van der Waals surface area (Å²) in [4.78, 5) is 11.8. The van der Waals surface area contributed by atoms with Gasteiger partial charge in [-0.1, -0.05) is 17.3 Å². The van der Waals surface area contributed by atoms with Gasteiger partial charge in [-0.2, -0.15) is 0 Å². The van der Waals surface area contributed by atoms with E-state index in [4.69, 9.17) is 14.0 Å². The van der Waals surface area contributed by atoms with Gasteiger partial charge in [0.05, 0.1) is 12.3 Å². The average molecular weight is 247 g/mol. The lowest BCUT2D eigenvalue weighted by Crippen LogP contribution is -2.08. The lowest BCUT2D eigenvalue weighted by Gasteiger charge is -2.08. The Kier molecular flexibility index (Phi) is 3.62. The fourth-order valence-electron chi connectivity index (χ4n) is 1.42. The number of para-hydroxylation sites is 2. The number of hydrogen-bond donors (Lipinski definition) is 0. The van der Waals surface area contributed by atoms with Gasteiger partial charge >= 0.3 is 5.97 Å². The molecule has 0 spiro atoms. The minimum absolute atomic E-state index is 0.0683. The van der Waals surface area contributed by atoms with Crippen molar-refractivity contribution < 1.29 is 18.8 Å². The summed E-state index contributed by atoms with van der Waals surface area (Å²) in [6.07, 6.45) is 0. The van der Waals surface area contributed by atoms with Crippen LogP contribution in [0.25, 0.3) is 0 Å². The first kappa shape index (κ1) is 12.2. The number of carbonyl (C=O) groups excluding carboxylic acids is 1. The van der Waals surface area contributed by atoms with Crippen LogP contribution in [0.2, 0.25) is 0 Å². The maximum Gasteiger partial charge on any atom is 0.382 e. The number of aryl methyl sites for hydroxylation is 1. The van der Waals surface area contributed by atoms with E-state index in [2.05, 4.69) is 5.16 Å². The van der Waals surface area contributed by atoms with Gasteiger partial charge < -0.3 is 14.0 Å². The molecular weight excluding hydrogens is 234 g/mol. The normalized spacial score (nSPS) is 10.1. The van der Waals surface area contributed by atoms with E-state index in [1.807, 2.05) is 6.92 Å². The Morgan fingerprint density at radius 1 is 1.33 bits per heavy atom. The minimum atomic E-state index is -0.595. The van der Waals surface area contributed by atoms with Crippen molar-refractivity contribution >= 4 is 5.97 Å². The zero-order valence-corrected chi connectivity index (χ0v) is 10.2. The number of esters is 1. The molecule has 0 aliphatic heterocycles. The van der Waals surface area contributed by atoms with Crippen molar-refractivity contribution in [2.24, 2.45) is 0 Å². The zero-order valence-electron chi connectivity index (χ0n) is 10.2. The van der Waals surface area contributed by atoms with Crippen LogP contribution < -0.4 is 9.47 Å². The van der Waals surface area contributed by atoms with Crippen LogP contribution in [0.15, 0.2) is 34.9 Å². The second kappa shape index (κ2) is 5.35. The fourth-order valence-corrected chi connectivity index (χ4v) is 1.42. The van der Waals surface area contributed by atoms with Gasteiger partial charge in [0.15, 0.2) is 11.5 Å². The number of hydrogen-bond acceptors (Lipinski definition) is 5. The molecule has 5 nitrogen and oxygen atoms in total. The van der Waals surface area contributed by atoms with Crippen LogP contribution in [0.5, 0.6) is 11.5 Å². The van der Waals surface area contributed by atoms with E-state index >= 15 is 0 Å². The molecule has 0 atom stereocenters. The molecule has 0 saturated heterocycles. The van der Waals surface area contributed by atoms with Crippen LogP contribution in [-0.2, 0) is 0 Å². The molecule has 94 valence electrons. The maximum atomic E-state index is 11.8. The van der Waals surface area contributed by atoms with Crippen LogP contribution in [0, 0.1) is 6.92 Å². The lowest BCUT2D eigenvalue weighted by atomic mass is 10.3. The van der Waals surface area contributed by atoms with Gasteiger partial charge in [-0.15, -0.1) is 0 Å². The van der Waals surface area contributed by atoms with Gasteiger partial charge in [0.1, 0.15) is 0 Å². The predicted molar refractivity (Wildman–Crippen MR) is 63.8 cm³/mol. The Hall–Kier alpha value is -2.30. The smallest absolute Gasteiger partial charge is 0.382 e. The van der Waals surface area contributed by atoms with Crippen molar-refractivity contribution in [1.29, 1.82) is 0 Å². The number of carbonyl (C=O) groups is 1. The molecule has 0 aliphatic carbocycles. The molecule has 0 unspecified atom stereocenters. The highest BCUT2D eigenvalue weighted by molar-refractivity contribution is 5.88. The number of ether oxygens (including phenoxy) is 2. The fraction of sp³-hybridized carbons (Fsp3) is 0.231. The Bertz CT molecular complexity index is 547. The molecule has 1 aromatic heterocycles. The molecule has 1 heterocycles. The Morgan fingerprint density at radius 2 is 2.06 bits per heavy atom. The van der Waals surface area contributed by atoms with E-state index in [0.717, 1.165) is 0 Å². The monoisotopic (exact) mass is 247 g/mol. The SMILES string of the molecule is CCOc1ccccc1OC(=O)c1cc(C)no1. The topological polar surface area (TPSA) is 61.6 Å². The lowest BCUT2D eigenvalue weighted by molar-refractivity contribution is 0.0685. The molecular formula is C13H13NO4. The molecule has 18 heavy (non-hydrogen) atoms. The third-order valence-electron chi connectivity index (χ3n) is 2.18. The maximum absolute atomic E-state index is 11.8. The highest BCUT2D eigenvalue weighted by Crippen LogP contribution is 2.27. The number of nitrogens with zero attached hydrogens (tertiary/aromatic N) is 1. The first-order valence-corrected chi connectivity index (χ1v) is 5.58. The van der Waals surface area contributed by atoms with Gasteiger partial charge in [-0.3, -0.25) is 0 Å². The largest absolute Gasteiger partial charge is 0.490 e. The van der Waals surface area contributed by atoms with Gasteiger partial charge in [-0.05, 0) is 26.0 Å². The van der Waals surface area contributed by atoms with Crippen molar-refractivity contribution in [2.75, 3.05) is 6.61 Å². The quantitative estimate of drug-likeness (QED) is 0.613. The second-order valence-electron chi connectivity index (χ2n) is 3.60. The highest BCUT2D eigenvalue weighted by Gasteiger charge is 2.16. The Labute approximate surface area is 104 Å². The summed E-state index contributed by atoms with van der Waals surface area (Å²) in [5, 5.41) is 3.63. The predicted octanol–water partition coefficient (Wildman–Crippen LogP) is 2.60. The standard InChI is InChI=1S/C13H13NO4/c1-3-16-10-6-4-5-7-11(10)17-13(15)12-8-9(2)14-18-12/h4-8H,3H2,1-2H3. The van der Waals surface area contributed by atoms with Crippen LogP contribution in [0.4, 0.5) is 0 Å².